The number of amides is 2. The number of nitrogens with zero attached hydrogens (tertiary/aromatic N) is 1. The summed E-state index contributed by atoms with van der Waals surface area (Å²) in [6.07, 6.45) is 2.26. The lowest BCUT2D eigenvalue weighted by Gasteiger charge is -2.46. The number of nitrogens with one attached hydrogen (secondary N) is 1. The molecule has 7 heteroatoms. The Morgan fingerprint density at radius 1 is 0.907 bits per heavy atom. The minimum absolute atomic E-state index is 0.00477. The van der Waals surface area contributed by atoms with Crippen LogP contribution in [0.3, 0.4) is 0 Å². The van der Waals surface area contributed by atoms with Crippen LogP contribution < -0.4 is 16.8 Å². The lowest BCUT2D eigenvalue weighted by Crippen LogP contribution is -2.52. The molecule has 2 amide bonds. The van der Waals surface area contributed by atoms with Crippen LogP contribution in [0, 0.1) is 0 Å². The van der Waals surface area contributed by atoms with E-state index in [0.29, 0.717) is 54.7 Å². The number of hydrogen-bond acceptors (Lipinski definition) is 5. The van der Waals surface area contributed by atoms with E-state index in [1.54, 1.807) is 0 Å². The molecule has 5 N–H and O–H groups in total. The summed E-state index contributed by atoms with van der Waals surface area (Å²) < 4.78 is 6.97. The second-order valence-electron chi connectivity index (χ2n) is 12.4. The minimum Gasteiger partial charge on any atom is -0.398 e. The van der Waals surface area contributed by atoms with E-state index in [-0.39, 0.29) is 24.0 Å². The summed E-state index contributed by atoms with van der Waals surface area (Å²) in [7, 11) is 1.89. The van der Waals surface area contributed by atoms with Crippen molar-refractivity contribution >= 4 is 23.2 Å². The number of para-hydroxylation sites is 1. The Bertz CT molecular complexity index is 1770. The molecule has 0 radical (unpaired) electrons. The Hall–Kier alpha value is -4.62. The summed E-state index contributed by atoms with van der Waals surface area (Å²) in [5, 5.41) is 3.07. The minimum atomic E-state index is -0.524. The van der Waals surface area contributed by atoms with Crippen molar-refractivity contribution in [3.63, 3.8) is 0 Å². The number of carbonyl (C=O) groups excluding carboxylic acids is 2. The van der Waals surface area contributed by atoms with Crippen molar-refractivity contribution in [2.75, 3.05) is 18.5 Å². The zero-order valence-electron chi connectivity index (χ0n) is 24.5. The van der Waals surface area contributed by atoms with Crippen molar-refractivity contribution in [1.82, 2.24) is 10.2 Å². The predicted molar refractivity (Wildman–Crippen MR) is 170 cm³/mol. The van der Waals surface area contributed by atoms with Gasteiger partial charge >= 0.3 is 0 Å². The van der Waals surface area contributed by atoms with Gasteiger partial charge in [-0.05, 0) is 60.2 Å². The maximum absolute atomic E-state index is 13.6. The molecular formula is C36H36N4O3. The van der Waals surface area contributed by atoms with E-state index >= 15 is 0 Å². The van der Waals surface area contributed by atoms with E-state index < -0.39 is 5.60 Å². The van der Waals surface area contributed by atoms with Crippen LogP contribution in [0.2, 0.25) is 0 Å². The van der Waals surface area contributed by atoms with Gasteiger partial charge in [-0.3, -0.25) is 9.59 Å². The van der Waals surface area contributed by atoms with Gasteiger partial charge in [0.05, 0.1) is 17.3 Å². The van der Waals surface area contributed by atoms with Crippen molar-refractivity contribution in [1.29, 1.82) is 0 Å². The monoisotopic (exact) mass is 572 g/mol. The third kappa shape index (κ3) is 4.55. The Balaban J connectivity index is 1.43. The molecule has 0 spiro atoms. The molecule has 7 nitrogen and oxygen atoms in total. The number of hydrogen-bond donors (Lipinski definition) is 3. The highest BCUT2D eigenvalue weighted by atomic mass is 16.5. The number of fused-ring (bicyclic) bond motifs is 8. The Kier molecular flexibility index (Phi) is 6.51. The van der Waals surface area contributed by atoms with Crippen LogP contribution in [-0.4, -0.2) is 41.5 Å². The van der Waals surface area contributed by atoms with Gasteiger partial charge in [0.25, 0.3) is 11.8 Å². The first-order valence-electron chi connectivity index (χ1n) is 14.9. The number of rotatable bonds is 3. The molecule has 3 atom stereocenters. The fourth-order valence-electron chi connectivity index (χ4n) is 7.52. The SMILES string of the molecule is CN(C(=O)c1ccccc1)[C@@H]1C[C@@H]2Cc3c(N)c(c4c(c3-c3ccccc3N)C(=O)NC4)-c3ccccc3C[C@](C)(C1)O2. The zero-order chi connectivity index (χ0) is 29.9. The second-order valence-corrected chi connectivity index (χ2v) is 12.4. The van der Waals surface area contributed by atoms with Crippen LogP contribution in [0.25, 0.3) is 22.3 Å². The molecule has 1 fully saturated rings. The zero-order valence-corrected chi connectivity index (χ0v) is 24.5. The van der Waals surface area contributed by atoms with Gasteiger partial charge in [-0.1, -0.05) is 60.7 Å². The second kappa shape index (κ2) is 10.3. The highest BCUT2D eigenvalue weighted by Crippen LogP contribution is 2.49. The highest BCUT2D eigenvalue weighted by Gasteiger charge is 2.43. The summed E-state index contributed by atoms with van der Waals surface area (Å²) in [4.78, 5) is 29.0. The van der Waals surface area contributed by atoms with Gasteiger partial charge in [0.15, 0.2) is 0 Å². The van der Waals surface area contributed by atoms with Gasteiger partial charge in [0, 0.05) is 66.1 Å². The van der Waals surface area contributed by atoms with Gasteiger partial charge in [0.1, 0.15) is 0 Å². The number of nitrogens with two attached hydrogens (primary N) is 2. The van der Waals surface area contributed by atoms with Crippen molar-refractivity contribution in [3.8, 4) is 22.3 Å². The van der Waals surface area contributed by atoms with E-state index in [1.165, 1.54) is 0 Å². The molecule has 1 saturated heterocycles. The van der Waals surface area contributed by atoms with Gasteiger partial charge in [-0.15, -0.1) is 0 Å². The van der Waals surface area contributed by atoms with Crippen molar-refractivity contribution in [2.24, 2.45) is 0 Å². The topological polar surface area (TPSA) is 111 Å². The molecule has 4 aromatic carbocycles. The number of carbonyl (C=O) groups is 2. The first-order valence-corrected chi connectivity index (χ1v) is 14.9. The molecule has 0 aliphatic carbocycles. The largest absolute Gasteiger partial charge is 0.398 e. The van der Waals surface area contributed by atoms with Crippen LogP contribution >= 0.6 is 0 Å². The summed E-state index contributed by atoms with van der Waals surface area (Å²) >= 11 is 0. The summed E-state index contributed by atoms with van der Waals surface area (Å²) in [5.41, 5.74) is 22.2. The number of ether oxygens (including phenoxy) is 1. The summed E-state index contributed by atoms with van der Waals surface area (Å²) in [5.74, 6) is -0.124. The molecule has 43 heavy (non-hydrogen) atoms. The van der Waals surface area contributed by atoms with Crippen molar-refractivity contribution < 1.29 is 14.3 Å². The summed E-state index contributed by atoms with van der Waals surface area (Å²) in [6, 6.07) is 25.3. The van der Waals surface area contributed by atoms with E-state index in [2.05, 4.69) is 24.4 Å². The fourth-order valence-corrected chi connectivity index (χ4v) is 7.52. The lowest BCUT2D eigenvalue weighted by atomic mass is 9.76. The first-order chi connectivity index (χ1) is 20.7. The maximum atomic E-state index is 13.6. The molecule has 3 aliphatic rings. The predicted octanol–water partition coefficient (Wildman–Crippen LogP) is 5.61. The first kappa shape index (κ1) is 27.2. The Morgan fingerprint density at radius 3 is 2.37 bits per heavy atom. The van der Waals surface area contributed by atoms with E-state index in [0.717, 1.165) is 38.9 Å². The maximum Gasteiger partial charge on any atom is 0.253 e. The molecule has 0 saturated carbocycles. The average Bonchev–Trinajstić information content (AvgIpc) is 3.38. The van der Waals surface area contributed by atoms with E-state index in [1.807, 2.05) is 78.7 Å². The Morgan fingerprint density at radius 2 is 1.60 bits per heavy atom. The van der Waals surface area contributed by atoms with Crippen LogP contribution in [-0.2, 0) is 24.1 Å². The van der Waals surface area contributed by atoms with Crippen molar-refractivity contribution in [3.05, 3.63) is 107 Å². The fraction of sp³-hybridized carbons (Fsp3) is 0.278. The van der Waals surface area contributed by atoms with Crippen LogP contribution in [0.15, 0.2) is 78.9 Å². The van der Waals surface area contributed by atoms with Gasteiger partial charge in [-0.25, -0.2) is 0 Å². The quantitative estimate of drug-likeness (QED) is 0.277. The molecule has 3 aliphatic heterocycles. The molecular weight excluding hydrogens is 536 g/mol. The van der Waals surface area contributed by atoms with E-state index in [9.17, 15) is 9.59 Å². The smallest absolute Gasteiger partial charge is 0.253 e. The standard InChI is InChI=1S/C36H36N4O3/c1-36-18-22-12-6-7-13-25(22)31-28-20-39-34(41)32(28)30(26-14-8-9-15-29(26)37)27(33(31)38)17-24(43-36)16-23(19-36)40(2)35(42)21-10-4-3-5-11-21/h3-15,23-24H,16-20,37-38H2,1-2H3,(H,39,41)/t23-,24-,36-/m1/s1. The Labute approximate surface area is 251 Å². The third-order valence-electron chi connectivity index (χ3n) is 9.46. The third-order valence-corrected chi connectivity index (χ3v) is 9.46. The normalized spacial score (nSPS) is 22.2. The van der Waals surface area contributed by atoms with Gasteiger partial charge < -0.3 is 26.4 Å². The van der Waals surface area contributed by atoms with Gasteiger partial charge in [0.2, 0.25) is 0 Å². The summed E-state index contributed by atoms with van der Waals surface area (Å²) in [6.45, 7) is 2.57. The van der Waals surface area contributed by atoms with Crippen LogP contribution in [0.5, 0.6) is 0 Å². The highest BCUT2D eigenvalue weighted by molar-refractivity contribution is 6.11. The van der Waals surface area contributed by atoms with Gasteiger partial charge in [-0.2, -0.15) is 0 Å². The molecule has 0 unspecified atom stereocenters. The number of anilines is 2. The molecule has 218 valence electrons. The van der Waals surface area contributed by atoms with Crippen molar-refractivity contribution in [2.45, 2.75) is 56.9 Å². The number of benzene rings is 4. The van der Waals surface area contributed by atoms with Crippen LogP contribution in [0.4, 0.5) is 11.4 Å². The molecule has 4 bridgehead atoms. The molecule has 4 aromatic rings. The average molecular weight is 573 g/mol. The lowest BCUT2D eigenvalue weighted by molar-refractivity contribution is -0.135. The number of nitrogen functional groups attached to an aromatic ring is 2. The van der Waals surface area contributed by atoms with Crippen LogP contribution in [0.1, 0.15) is 57.2 Å². The van der Waals surface area contributed by atoms with E-state index in [4.69, 9.17) is 16.2 Å². The molecule has 0 aromatic heterocycles. The molecule has 3 heterocycles. The molecule has 7 rings (SSSR count).